The van der Waals surface area contributed by atoms with Crippen molar-refractivity contribution in [3.05, 3.63) is 23.0 Å². The predicted molar refractivity (Wildman–Crippen MR) is 46.5 cm³/mol. The smallest absolute Gasteiger partial charge is 0.337 e. The van der Waals surface area contributed by atoms with Crippen LogP contribution >= 0.6 is 0 Å². The van der Waals surface area contributed by atoms with Crippen LogP contribution in [0.15, 0.2) is 6.20 Å². The zero-order valence-corrected chi connectivity index (χ0v) is 7.35. The van der Waals surface area contributed by atoms with Gasteiger partial charge in [-0.05, 0) is 18.9 Å². The number of nitrogens with one attached hydrogen (secondary N) is 1. The summed E-state index contributed by atoms with van der Waals surface area (Å²) in [5.74, 6) is -0.845. The second-order valence-electron chi connectivity index (χ2n) is 2.86. The molecule has 1 aromatic heterocycles. The number of H-pyrrole nitrogens is 1. The summed E-state index contributed by atoms with van der Waals surface area (Å²) in [4.78, 5) is 13.6. The first-order valence-electron chi connectivity index (χ1n) is 4.07. The molecule has 0 atom stereocenters. The van der Waals surface area contributed by atoms with E-state index in [0.29, 0.717) is 5.56 Å². The van der Waals surface area contributed by atoms with Crippen molar-refractivity contribution in [3.63, 3.8) is 0 Å². The molecule has 1 rings (SSSR count). The molecule has 0 unspecified atom stereocenters. The molecule has 0 saturated heterocycles. The standard InChI is InChI=1S/C9H13NO2/c1-3-4-7-6(2)10-5-8(7)9(11)12/h5,10H,3-4H2,1-2H3,(H,11,12). The minimum Gasteiger partial charge on any atom is -0.478 e. The average Bonchev–Trinajstić information content (AvgIpc) is 2.34. The first-order valence-corrected chi connectivity index (χ1v) is 4.07. The molecule has 0 aliphatic carbocycles. The molecule has 3 nitrogen and oxygen atoms in total. The predicted octanol–water partition coefficient (Wildman–Crippen LogP) is 1.97. The maximum Gasteiger partial charge on any atom is 0.337 e. The van der Waals surface area contributed by atoms with E-state index < -0.39 is 5.97 Å². The van der Waals surface area contributed by atoms with Gasteiger partial charge in [0.15, 0.2) is 0 Å². The number of rotatable bonds is 3. The van der Waals surface area contributed by atoms with Gasteiger partial charge >= 0.3 is 5.97 Å². The van der Waals surface area contributed by atoms with Gasteiger partial charge in [0.1, 0.15) is 0 Å². The number of aromatic amines is 1. The average molecular weight is 167 g/mol. The van der Waals surface area contributed by atoms with Crippen LogP contribution in [0, 0.1) is 6.92 Å². The van der Waals surface area contributed by atoms with Gasteiger partial charge in [-0.3, -0.25) is 0 Å². The molecule has 0 aliphatic heterocycles. The molecule has 0 radical (unpaired) electrons. The Hall–Kier alpha value is -1.25. The summed E-state index contributed by atoms with van der Waals surface area (Å²) in [5.41, 5.74) is 2.31. The molecule has 0 spiro atoms. The van der Waals surface area contributed by atoms with Gasteiger partial charge < -0.3 is 10.1 Å². The van der Waals surface area contributed by atoms with E-state index in [-0.39, 0.29) is 0 Å². The van der Waals surface area contributed by atoms with Gasteiger partial charge in [0.05, 0.1) is 5.56 Å². The highest BCUT2D eigenvalue weighted by Crippen LogP contribution is 2.15. The zero-order valence-electron chi connectivity index (χ0n) is 7.35. The number of carboxylic acid groups (broad SMARTS) is 1. The summed E-state index contributed by atoms with van der Waals surface area (Å²) in [7, 11) is 0. The Labute approximate surface area is 71.4 Å². The van der Waals surface area contributed by atoms with Gasteiger partial charge in [-0.25, -0.2) is 4.79 Å². The fourth-order valence-corrected chi connectivity index (χ4v) is 1.32. The van der Waals surface area contributed by atoms with E-state index in [4.69, 9.17) is 5.11 Å². The number of hydrogen-bond donors (Lipinski definition) is 2. The molecule has 0 bridgehead atoms. The van der Waals surface area contributed by atoms with Gasteiger partial charge in [-0.1, -0.05) is 13.3 Å². The third kappa shape index (κ3) is 1.49. The highest BCUT2D eigenvalue weighted by Gasteiger charge is 2.12. The van der Waals surface area contributed by atoms with Crippen LogP contribution in [0.1, 0.15) is 35.0 Å². The van der Waals surface area contributed by atoms with Gasteiger partial charge in [0, 0.05) is 11.9 Å². The van der Waals surface area contributed by atoms with Gasteiger partial charge in [0.2, 0.25) is 0 Å². The quantitative estimate of drug-likeness (QED) is 0.723. The Bertz CT molecular complexity index is 289. The monoisotopic (exact) mass is 167 g/mol. The van der Waals surface area contributed by atoms with Crippen molar-refractivity contribution >= 4 is 5.97 Å². The third-order valence-electron chi connectivity index (χ3n) is 1.94. The van der Waals surface area contributed by atoms with Crippen LogP contribution in [0.2, 0.25) is 0 Å². The van der Waals surface area contributed by atoms with Crippen molar-refractivity contribution in [3.8, 4) is 0 Å². The number of hydrogen-bond acceptors (Lipinski definition) is 1. The van der Waals surface area contributed by atoms with E-state index in [1.54, 1.807) is 6.20 Å². The fourth-order valence-electron chi connectivity index (χ4n) is 1.32. The second kappa shape index (κ2) is 3.43. The van der Waals surface area contributed by atoms with Crippen molar-refractivity contribution in [2.45, 2.75) is 26.7 Å². The second-order valence-corrected chi connectivity index (χ2v) is 2.86. The molecule has 1 aromatic rings. The molecule has 0 saturated carbocycles. The van der Waals surface area contributed by atoms with E-state index in [0.717, 1.165) is 24.1 Å². The highest BCUT2D eigenvalue weighted by atomic mass is 16.4. The Morgan fingerprint density at radius 1 is 1.67 bits per heavy atom. The molecule has 2 N–H and O–H groups in total. The van der Waals surface area contributed by atoms with Crippen LogP contribution in [-0.4, -0.2) is 16.1 Å². The van der Waals surface area contributed by atoms with Crippen LogP contribution < -0.4 is 0 Å². The Balaban J connectivity index is 3.03. The molecule has 0 fully saturated rings. The molecule has 12 heavy (non-hydrogen) atoms. The van der Waals surface area contributed by atoms with E-state index in [9.17, 15) is 4.79 Å². The van der Waals surface area contributed by atoms with Crippen molar-refractivity contribution in [1.82, 2.24) is 4.98 Å². The molecular weight excluding hydrogens is 154 g/mol. The fraction of sp³-hybridized carbons (Fsp3) is 0.444. The zero-order chi connectivity index (χ0) is 9.14. The van der Waals surface area contributed by atoms with Gasteiger partial charge in [-0.2, -0.15) is 0 Å². The SMILES string of the molecule is CCCc1c(C(=O)O)c[nH]c1C. The van der Waals surface area contributed by atoms with Crippen LogP contribution in [0.3, 0.4) is 0 Å². The maximum atomic E-state index is 10.7. The number of aromatic carboxylic acids is 1. The van der Waals surface area contributed by atoms with Crippen molar-refractivity contribution < 1.29 is 9.90 Å². The number of aryl methyl sites for hydroxylation is 1. The topological polar surface area (TPSA) is 53.1 Å². The third-order valence-corrected chi connectivity index (χ3v) is 1.94. The Kier molecular flexibility index (Phi) is 2.53. The Morgan fingerprint density at radius 3 is 2.83 bits per heavy atom. The lowest BCUT2D eigenvalue weighted by atomic mass is 10.1. The maximum absolute atomic E-state index is 10.7. The van der Waals surface area contributed by atoms with E-state index in [2.05, 4.69) is 4.98 Å². The van der Waals surface area contributed by atoms with E-state index in [1.165, 1.54) is 0 Å². The van der Waals surface area contributed by atoms with Crippen molar-refractivity contribution in [2.75, 3.05) is 0 Å². The van der Waals surface area contributed by atoms with Crippen LogP contribution in [0.25, 0.3) is 0 Å². The van der Waals surface area contributed by atoms with E-state index in [1.807, 2.05) is 13.8 Å². The van der Waals surface area contributed by atoms with Crippen molar-refractivity contribution in [2.24, 2.45) is 0 Å². The summed E-state index contributed by atoms with van der Waals surface area (Å²) in [6, 6.07) is 0. The van der Waals surface area contributed by atoms with Gasteiger partial charge in [0.25, 0.3) is 0 Å². The lowest BCUT2D eigenvalue weighted by Crippen LogP contribution is -1.99. The largest absolute Gasteiger partial charge is 0.478 e. The number of aromatic nitrogens is 1. The molecule has 66 valence electrons. The summed E-state index contributed by atoms with van der Waals surface area (Å²) >= 11 is 0. The molecule has 0 aliphatic rings. The van der Waals surface area contributed by atoms with Crippen LogP contribution in [0.4, 0.5) is 0 Å². The van der Waals surface area contributed by atoms with Crippen LogP contribution in [-0.2, 0) is 6.42 Å². The normalized spacial score (nSPS) is 10.2. The summed E-state index contributed by atoms with van der Waals surface area (Å²) < 4.78 is 0. The first-order chi connectivity index (χ1) is 5.66. The molecule has 1 heterocycles. The molecule has 3 heteroatoms. The number of carbonyl (C=O) groups is 1. The van der Waals surface area contributed by atoms with Crippen molar-refractivity contribution in [1.29, 1.82) is 0 Å². The molecule has 0 amide bonds. The highest BCUT2D eigenvalue weighted by molar-refractivity contribution is 5.89. The summed E-state index contributed by atoms with van der Waals surface area (Å²) in [5, 5.41) is 8.79. The van der Waals surface area contributed by atoms with E-state index >= 15 is 0 Å². The summed E-state index contributed by atoms with van der Waals surface area (Å²) in [6.45, 7) is 3.94. The molecule has 0 aromatic carbocycles. The minimum absolute atomic E-state index is 0.411. The Morgan fingerprint density at radius 2 is 2.33 bits per heavy atom. The van der Waals surface area contributed by atoms with Crippen LogP contribution in [0.5, 0.6) is 0 Å². The first kappa shape index (κ1) is 8.84. The lowest BCUT2D eigenvalue weighted by Gasteiger charge is -1.98. The minimum atomic E-state index is -0.845. The lowest BCUT2D eigenvalue weighted by molar-refractivity contribution is 0.0696. The summed E-state index contributed by atoms with van der Waals surface area (Å²) in [6.07, 6.45) is 3.36. The number of carboxylic acids is 1. The van der Waals surface area contributed by atoms with Gasteiger partial charge in [-0.15, -0.1) is 0 Å². The molecular formula is C9H13NO2.